The van der Waals surface area contributed by atoms with Crippen molar-refractivity contribution in [2.24, 2.45) is 0 Å². The van der Waals surface area contributed by atoms with Crippen LogP contribution < -0.4 is 16.6 Å². The molecule has 1 aromatic heterocycles. The van der Waals surface area contributed by atoms with Crippen LogP contribution in [0.5, 0.6) is 0 Å². The Hall–Kier alpha value is -2.57. The first-order chi connectivity index (χ1) is 8.09. The molecule has 0 aliphatic carbocycles. The van der Waals surface area contributed by atoms with Gasteiger partial charge in [-0.1, -0.05) is 12.1 Å². The molecule has 0 atom stereocenters. The third kappa shape index (κ3) is 2.03. The Kier molecular flexibility index (Phi) is 2.65. The lowest BCUT2D eigenvalue weighted by atomic mass is 10.2. The number of carbonyl (C=O) groups excluding carboxylic acids is 1. The number of amides is 1. The highest BCUT2D eigenvalue weighted by molar-refractivity contribution is 6.06. The molecule has 0 unspecified atom stereocenters. The average Bonchev–Trinajstić information content (AvgIpc) is 2.62. The molecular formula is C10H9FN4O2. The van der Waals surface area contributed by atoms with Gasteiger partial charge in [0.15, 0.2) is 0 Å². The van der Waals surface area contributed by atoms with Crippen molar-refractivity contribution in [2.45, 2.75) is 0 Å². The predicted molar refractivity (Wildman–Crippen MR) is 60.2 cm³/mol. The standard InChI is InChI=1S/C10H9FN4O2/c11-5-3-1-2-4-6(5)13-9(16)7-8(12)14-15-10(7)17/h1-4H,(H,13,16)(H4,12,14,15,17). The zero-order chi connectivity index (χ0) is 12.4. The number of halogens is 1. The predicted octanol–water partition coefficient (Wildman–Crippen LogP) is 0.677. The minimum Gasteiger partial charge on any atom is -0.383 e. The van der Waals surface area contributed by atoms with E-state index < -0.39 is 17.3 Å². The van der Waals surface area contributed by atoms with Crippen LogP contribution in [0.15, 0.2) is 29.1 Å². The van der Waals surface area contributed by atoms with E-state index in [0.29, 0.717) is 0 Å². The second kappa shape index (κ2) is 4.12. The summed E-state index contributed by atoms with van der Waals surface area (Å²) in [6.45, 7) is 0. The number of nitrogen functional groups attached to an aromatic ring is 1. The lowest BCUT2D eigenvalue weighted by Crippen LogP contribution is -2.21. The second-order valence-corrected chi connectivity index (χ2v) is 3.30. The highest BCUT2D eigenvalue weighted by atomic mass is 19.1. The number of nitrogens with two attached hydrogens (primary N) is 1. The minimum absolute atomic E-state index is 0.0162. The number of carbonyl (C=O) groups is 1. The number of nitrogens with one attached hydrogen (secondary N) is 3. The van der Waals surface area contributed by atoms with Gasteiger partial charge in [0.1, 0.15) is 17.2 Å². The Morgan fingerprint density at radius 1 is 1.29 bits per heavy atom. The Labute approximate surface area is 94.6 Å². The largest absolute Gasteiger partial charge is 0.383 e. The Balaban J connectivity index is 2.30. The molecule has 88 valence electrons. The topological polar surface area (TPSA) is 104 Å². The third-order valence-corrected chi connectivity index (χ3v) is 2.16. The van der Waals surface area contributed by atoms with Gasteiger partial charge in [-0.2, -0.15) is 0 Å². The molecule has 17 heavy (non-hydrogen) atoms. The van der Waals surface area contributed by atoms with Crippen molar-refractivity contribution in [1.29, 1.82) is 0 Å². The maximum absolute atomic E-state index is 13.3. The third-order valence-electron chi connectivity index (χ3n) is 2.16. The fourth-order valence-corrected chi connectivity index (χ4v) is 1.34. The van der Waals surface area contributed by atoms with Crippen LogP contribution >= 0.6 is 0 Å². The van der Waals surface area contributed by atoms with E-state index in [1.165, 1.54) is 18.2 Å². The van der Waals surface area contributed by atoms with Crippen molar-refractivity contribution in [3.63, 3.8) is 0 Å². The van der Waals surface area contributed by atoms with Gasteiger partial charge in [0, 0.05) is 0 Å². The maximum atomic E-state index is 13.3. The summed E-state index contributed by atoms with van der Waals surface area (Å²) in [5.41, 5.74) is 4.45. The number of aromatic nitrogens is 2. The summed E-state index contributed by atoms with van der Waals surface area (Å²) in [7, 11) is 0. The number of hydrogen-bond acceptors (Lipinski definition) is 3. The van der Waals surface area contributed by atoms with Crippen molar-refractivity contribution in [1.82, 2.24) is 10.2 Å². The number of H-pyrrole nitrogens is 2. The van der Waals surface area contributed by atoms with Gasteiger partial charge in [-0.3, -0.25) is 19.8 Å². The molecule has 7 heteroatoms. The number of benzene rings is 1. The van der Waals surface area contributed by atoms with Gasteiger partial charge in [0.25, 0.3) is 11.5 Å². The van der Waals surface area contributed by atoms with E-state index in [0.717, 1.165) is 0 Å². The molecule has 1 amide bonds. The molecule has 0 bridgehead atoms. The van der Waals surface area contributed by atoms with Crippen LogP contribution in [0.2, 0.25) is 0 Å². The first-order valence-electron chi connectivity index (χ1n) is 4.71. The van der Waals surface area contributed by atoms with Gasteiger partial charge in [0.2, 0.25) is 0 Å². The highest BCUT2D eigenvalue weighted by Crippen LogP contribution is 2.14. The molecule has 0 radical (unpaired) electrons. The van der Waals surface area contributed by atoms with Crippen LogP contribution in [0.4, 0.5) is 15.9 Å². The molecule has 1 heterocycles. The molecular weight excluding hydrogens is 227 g/mol. The smallest absolute Gasteiger partial charge is 0.279 e. The molecule has 5 N–H and O–H groups in total. The summed E-state index contributed by atoms with van der Waals surface area (Å²) in [4.78, 5) is 22.9. The molecule has 6 nitrogen and oxygen atoms in total. The lowest BCUT2D eigenvalue weighted by Gasteiger charge is -2.04. The summed E-state index contributed by atoms with van der Waals surface area (Å²) in [6.07, 6.45) is 0. The van der Waals surface area contributed by atoms with Gasteiger partial charge < -0.3 is 11.1 Å². The number of para-hydroxylation sites is 1. The van der Waals surface area contributed by atoms with Crippen LogP contribution in [0.3, 0.4) is 0 Å². The van der Waals surface area contributed by atoms with E-state index in [4.69, 9.17) is 5.73 Å². The first kappa shape index (κ1) is 10.9. The second-order valence-electron chi connectivity index (χ2n) is 3.30. The molecule has 0 fully saturated rings. The number of hydrogen-bond donors (Lipinski definition) is 4. The van der Waals surface area contributed by atoms with E-state index in [1.807, 2.05) is 0 Å². The maximum Gasteiger partial charge on any atom is 0.279 e. The Morgan fingerprint density at radius 2 is 2.00 bits per heavy atom. The molecule has 2 rings (SSSR count). The average molecular weight is 236 g/mol. The van der Waals surface area contributed by atoms with E-state index in [-0.39, 0.29) is 17.1 Å². The van der Waals surface area contributed by atoms with Crippen molar-refractivity contribution in [3.8, 4) is 0 Å². The lowest BCUT2D eigenvalue weighted by molar-refractivity contribution is 0.102. The Morgan fingerprint density at radius 3 is 2.59 bits per heavy atom. The minimum atomic E-state index is -0.768. The van der Waals surface area contributed by atoms with Gasteiger partial charge in [-0.05, 0) is 12.1 Å². The summed E-state index contributed by atoms with van der Waals surface area (Å²) in [6, 6.07) is 5.62. The Bertz CT molecular complexity index is 617. The summed E-state index contributed by atoms with van der Waals surface area (Å²) < 4.78 is 13.3. The van der Waals surface area contributed by atoms with Gasteiger partial charge in [-0.25, -0.2) is 4.39 Å². The zero-order valence-corrected chi connectivity index (χ0v) is 8.58. The monoisotopic (exact) mass is 236 g/mol. The van der Waals surface area contributed by atoms with Crippen molar-refractivity contribution >= 4 is 17.4 Å². The summed E-state index contributed by atoms with van der Waals surface area (Å²) in [5.74, 6) is -1.45. The van der Waals surface area contributed by atoms with E-state index in [9.17, 15) is 14.0 Å². The van der Waals surface area contributed by atoms with E-state index in [1.54, 1.807) is 6.07 Å². The molecule has 2 aromatic rings. The van der Waals surface area contributed by atoms with Crippen molar-refractivity contribution in [3.05, 3.63) is 46.0 Å². The normalized spacial score (nSPS) is 10.2. The molecule has 0 aliphatic heterocycles. The molecule has 0 spiro atoms. The summed E-state index contributed by atoms with van der Waals surface area (Å²) >= 11 is 0. The van der Waals surface area contributed by atoms with Crippen LogP contribution in [0.25, 0.3) is 0 Å². The highest BCUT2D eigenvalue weighted by Gasteiger charge is 2.17. The molecule has 0 saturated carbocycles. The van der Waals surface area contributed by atoms with Gasteiger partial charge in [-0.15, -0.1) is 0 Å². The van der Waals surface area contributed by atoms with Crippen LogP contribution in [-0.4, -0.2) is 16.1 Å². The van der Waals surface area contributed by atoms with Crippen molar-refractivity contribution in [2.75, 3.05) is 11.1 Å². The van der Waals surface area contributed by atoms with E-state index in [2.05, 4.69) is 15.5 Å². The number of aromatic amines is 2. The van der Waals surface area contributed by atoms with Crippen molar-refractivity contribution < 1.29 is 9.18 Å². The van der Waals surface area contributed by atoms with Crippen LogP contribution in [0, 0.1) is 5.82 Å². The van der Waals surface area contributed by atoms with Gasteiger partial charge >= 0.3 is 0 Å². The summed E-state index contributed by atoms with van der Waals surface area (Å²) in [5, 5.41) is 6.72. The fraction of sp³-hybridized carbons (Fsp3) is 0. The first-order valence-corrected chi connectivity index (χ1v) is 4.71. The molecule has 0 saturated heterocycles. The van der Waals surface area contributed by atoms with Crippen LogP contribution in [0.1, 0.15) is 10.4 Å². The molecule has 1 aromatic carbocycles. The number of anilines is 2. The van der Waals surface area contributed by atoms with E-state index >= 15 is 0 Å². The fourth-order valence-electron chi connectivity index (χ4n) is 1.34. The van der Waals surface area contributed by atoms with Gasteiger partial charge in [0.05, 0.1) is 5.69 Å². The SMILES string of the molecule is Nc1[nH][nH]c(=O)c1C(=O)Nc1ccccc1F. The quantitative estimate of drug-likeness (QED) is 0.616. The zero-order valence-electron chi connectivity index (χ0n) is 8.58. The number of rotatable bonds is 2. The van der Waals surface area contributed by atoms with Crippen LogP contribution in [-0.2, 0) is 0 Å². The molecule has 0 aliphatic rings.